The van der Waals surface area contributed by atoms with Crippen LogP contribution in [0.25, 0.3) is 22.4 Å². The van der Waals surface area contributed by atoms with Gasteiger partial charge in [-0.15, -0.1) is 0 Å². The highest BCUT2D eigenvalue weighted by Crippen LogP contribution is 2.20. The molecular weight excluding hydrogens is 370 g/mol. The number of hydrogen-bond acceptors (Lipinski definition) is 6. The highest BCUT2D eigenvalue weighted by atomic mass is 32.2. The van der Waals surface area contributed by atoms with Crippen LogP contribution in [0, 0.1) is 0 Å². The molecule has 0 aliphatic rings. The molecule has 0 spiro atoms. The molecule has 0 saturated carbocycles. The maximum absolute atomic E-state index is 12.4. The number of nitrogens with one attached hydrogen (secondary N) is 2. The van der Waals surface area contributed by atoms with Crippen LogP contribution in [-0.4, -0.2) is 25.1 Å². The molecule has 8 nitrogen and oxygen atoms in total. The Balaban J connectivity index is 1.43. The number of aromatic amines is 1. The van der Waals surface area contributed by atoms with Crippen molar-refractivity contribution in [1.29, 1.82) is 0 Å². The number of aromatic nitrogens is 2. The summed E-state index contributed by atoms with van der Waals surface area (Å²) in [7, 11) is -3.74. The molecule has 0 fully saturated rings. The fourth-order valence-electron chi connectivity index (χ4n) is 2.66. The first-order chi connectivity index (χ1) is 13.0. The smallest absolute Gasteiger partial charge is 0.408 e. The van der Waals surface area contributed by atoms with Gasteiger partial charge in [0.2, 0.25) is 10.0 Å². The summed E-state index contributed by atoms with van der Waals surface area (Å²) in [6, 6.07) is 15.5. The number of fused-ring (bicyclic) bond motifs is 1. The van der Waals surface area contributed by atoms with E-state index >= 15 is 0 Å². The van der Waals surface area contributed by atoms with Crippen molar-refractivity contribution in [2.45, 2.75) is 11.3 Å². The van der Waals surface area contributed by atoms with E-state index in [1.54, 1.807) is 6.07 Å². The van der Waals surface area contributed by atoms with E-state index in [0.717, 1.165) is 5.56 Å². The zero-order chi connectivity index (χ0) is 18.9. The summed E-state index contributed by atoms with van der Waals surface area (Å²) in [5, 5.41) is 3.96. The van der Waals surface area contributed by atoms with E-state index in [1.165, 1.54) is 18.2 Å². The molecule has 4 aromatic rings. The van der Waals surface area contributed by atoms with Gasteiger partial charge in [-0.25, -0.2) is 17.9 Å². The Morgan fingerprint density at radius 3 is 2.70 bits per heavy atom. The molecule has 0 aliphatic carbocycles. The fourth-order valence-corrected chi connectivity index (χ4v) is 3.70. The van der Waals surface area contributed by atoms with Gasteiger partial charge in [-0.2, -0.15) is 0 Å². The molecule has 27 heavy (non-hydrogen) atoms. The van der Waals surface area contributed by atoms with E-state index in [0.29, 0.717) is 23.4 Å². The van der Waals surface area contributed by atoms with Gasteiger partial charge in [0.1, 0.15) is 0 Å². The van der Waals surface area contributed by atoms with Crippen LogP contribution in [0.1, 0.15) is 5.69 Å². The molecule has 9 heteroatoms. The van der Waals surface area contributed by atoms with E-state index < -0.39 is 15.8 Å². The van der Waals surface area contributed by atoms with Gasteiger partial charge in [-0.3, -0.25) is 4.98 Å². The standard InChI is InChI=1S/C18H15N3O5S/c22-18-20-15-7-6-14(11-17(15)25-18)27(23,24)19-9-8-13-10-16(26-21-13)12-4-2-1-3-5-12/h1-7,10-11,19H,8-9H2,(H,20,22). The Labute approximate surface area is 153 Å². The average molecular weight is 385 g/mol. The normalized spacial score (nSPS) is 11.9. The molecule has 2 heterocycles. The summed E-state index contributed by atoms with van der Waals surface area (Å²) in [4.78, 5) is 13.7. The third-order valence-electron chi connectivity index (χ3n) is 3.99. The Hall–Kier alpha value is -3.17. The van der Waals surface area contributed by atoms with Gasteiger partial charge in [-0.05, 0) is 12.1 Å². The van der Waals surface area contributed by atoms with Crippen LogP contribution in [0.4, 0.5) is 0 Å². The van der Waals surface area contributed by atoms with Gasteiger partial charge < -0.3 is 8.94 Å². The minimum atomic E-state index is -3.74. The first kappa shape index (κ1) is 17.3. The predicted octanol–water partition coefficient (Wildman–Crippen LogP) is 2.30. The number of sulfonamides is 1. The molecule has 138 valence electrons. The maximum Gasteiger partial charge on any atom is 0.417 e. The summed E-state index contributed by atoms with van der Waals surface area (Å²) in [6.45, 7) is 0.151. The molecule has 0 amide bonds. The average Bonchev–Trinajstić information content (AvgIpc) is 3.27. The lowest BCUT2D eigenvalue weighted by Gasteiger charge is -2.05. The Morgan fingerprint density at radius 1 is 1.07 bits per heavy atom. The number of rotatable bonds is 6. The number of nitrogens with zero attached hydrogens (tertiary/aromatic N) is 1. The summed E-state index contributed by atoms with van der Waals surface area (Å²) in [5.74, 6) is -0.00541. The highest BCUT2D eigenvalue weighted by Gasteiger charge is 2.16. The lowest BCUT2D eigenvalue weighted by Crippen LogP contribution is -2.26. The van der Waals surface area contributed by atoms with Gasteiger partial charge in [-0.1, -0.05) is 35.5 Å². The molecular formula is C18H15N3O5S. The third kappa shape index (κ3) is 3.69. The van der Waals surface area contributed by atoms with Crippen molar-refractivity contribution < 1.29 is 17.4 Å². The first-order valence-electron chi connectivity index (χ1n) is 8.15. The quantitative estimate of drug-likeness (QED) is 0.526. The van der Waals surface area contributed by atoms with Crippen LogP contribution in [0.5, 0.6) is 0 Å². The molecule has 2 aromatic heterocycles. The van der Waals surface area contributed by atoms with Crippen LogP contribution in [0.3, 0.4) is 0 Å². The molecule has 0 radical (unpaired) electrons. The second-order valence-corrected chi connectivity index (χ2v) is 7.64. The Bertz CT molecular complexity index is 1240. The molecule has 0 saturated heterocycles. The SMILES string of the molecule is O=c1[nH]c2ccc(S(=O)(=O)NCCc3cc(-c4ccccc4)on3)cc2o1. The molecule has 0 atom stereocenters. The molecule has 0 bridgehead atoms. The minimum Gasteiger partial charge on any atom is -0.408 e. The zero-order valence-corrected chi connectivity index (χ0v) is 14.8. The van der Waals surface area contributed by atoms with Gasteiger partial charge in [0.05, 0.1) is 16.1 Å². The highest BCUT2D eigenvalue weighted by molar-refractivity contribution is 7.89. The van der Waals surface area contributed by atoms with Crippen molar-refractivity contribution >= 4 is 21.1 Å². The Kier molecular flexibility index (Phi) is 4.38. The minimum absolute atomic E-state index is 0.0166. The largest absolute Gasteiger partial charge is 0.417 e. The number of oxazole rings is 1. The molecule has 0 unspecified atom stereocenters. The fraction of sp³-hybridized carbons (Fsp3) is 0.111. The van der Waals surface area contributed by atoms with Crippen LogP contribution >= 0.6 is 0 Å². The van der Waals surface area contributed by atoms with Crippen molar-refractivity contribution in [3.8, 4) is 11.3 Å². The van der Waals surface area contributed by atoms with Crippen LogP contribution in [0.15, 0.2) is 73.2 Å². The van der Waals surface area contributed by atoms with Crippen molar-refractivity contribution in [3.63, 3.8) is 0 Å². The molecule has 0 aliphatic heterocycles. The van der Waals surface area contributed by atoms with Crippen LogP contribution in [0.2, 0.25) is 0 Å². The monoisotopic (exact) mass is 385 g/mol. The van der Waals surface area contributed by atoms with E-state index in [-0.39, 0.29) is 17.0 Å². The summed E-state index contributed by atoms with van der Waals surface area (Å²) < 4.78 is 37.5. The second-order valence-electron chi connectivity index (χ2n) is 5.87. The number of benzene rings is 2. The van der Waals surface area contributed by atoms with Crippen LogP contribution in [-0.2, 0) is 16.4 Å². The Morgan fingerprint density at radius 2 is 1.89 bits per heavy atom. The summed E-state index contributed by atoms with van der Waals surface area (Å²) in [6.07, 6.45) is 0.372. The second kappa shape index (κ2) is 6.86. The third-order valence-corrected chi connectivity index (χ3v) is 5.45. The lowest BCUT2D eigenvalue weighted by atomic mass is 10.1. The first-order valence-corrected chi connectivity index (χ1v) is 9.63. The topological polar surface area (TPSA) is 118 Å². The van der Waals surface area contributed by atoms with E-state index in [9.17, 15) is 13.2 Å². The van der Waals surface area contributed by atoms with Gasteiger partial charge in [0.25, 0.3) is 0 Å². The van der Waals surface area contributed by atoms with E-state index in [2.05, 4.69) is 14.9 Å². The molecule has 2 aromatic carbocycles. The zero-order valence-electron chi connectivity index (χ0n) is 14.0. The number of H-pyrrole nitrogens is 1. The van der Waals surface area contributed by atoms with Gasteiger partial charge >= 0.3 is 5.76 Å². The van der Waals surface area contributed by atoms with Crippen molar-refractivity contribution in [1.82, 2.24) is 14.9 Å². The summed E-state index contributed by atoms with van der Waals surface area (Å²) >= 11 is 0. The van der Waals surface area contributed by atoms with Gasteiger partial charge in [0.15, 0.2) is 11.3 Å². The molecule has 2 N–H and O–H groups in total. The van der Waals surface area contributed by atoms with Crippen molar-refractivity contribution in [2.75, 3.05) is 6.54 Å². The lowest BCUT2D eigenvalue weighted by molar-refractivity contribution is 0.423. The van der Waals surface area contributed by atoms with Crippen LogP contribution < -0.4 is 10.5 Å². The molecule has 4 rings (SSSR count). The van der Waals surface area contributed by atoms with Crippen molar-refractivity contribution in [3.05, 3.63) is 70.8 Å². The van der Waals surface area contributed by atoms with Gasteiger partial charge in [0, 0.05) is 30.7 Å². The maximum atomic E-state index is 12.4. The number of hydrogen-bond donors (Lipinski definition) is 2. The predicted molar refractivity (Wildman–Crippen MR) is 97.7 cm³/mol. The van der Waals surface area contributed by atoms with Crippen molar-refractivity contribution in [2.24, 2.45) is 0 Å². The summed E-state index contributed by atoms with van der Waals surface area (Å²) in [5.41, 5.74) is 2.17. The van der Waals surface area contributed by atoms with E-state index in [1.807, 2.05) is 30.3 Å². The van der Waals surface area contributed by atoms with E-state index in [4.69, 9.17) is 8.94 Å².